The molecule has 1 fully saturated rings. The number of hydrogen-bond donors (Lipinski definition) is 2. The molecule has 1 unspecified atom stereocenters. The van der Waals surface area contributed by atoms with E-state index < -0.39 is 0 Å². The molecular weight excluding hydrogens is 128 g/mol. The third-order valence-corrected chi connectivity index (χ3v) is 1.56. The van der Waals surface area contributed by atoms with Crippen LogP contribution < -0.4 is 11.0 Å². The van der Waals surface area contributed by atoms with Gasteiger partial charge in [0.2, 0.25) is 0 Å². The molecule has 0 radical (unpaired) electrons. The summed E-state index contributed by atoms with van der Waals surface area (Å²) in [7, 11) is 1.92. The third kappa shape index (κ3) is 1.95. The van der Waals surface area contributed by atoms with E-state index in [0.717, 1.165) is 19.5 Å². The third-order valence-electron chi connectivity index (χ3n) is 1.56. The molecule has 1 aliphatic heterocycles. The number of nitrogens with zero attached hydrogens (tertiary/aromatic N) is 2. The highest BCUT2D eigenvalue weighted by atomic mass is 15.7. The summed E-state index contributed by atoms with van der Waals surface area (Å²) in [4.78, 5) is 0. The first-order valence-electron chi connectivity index (χ1n) is 3.42. The lowest BCUT2D eigenvalue weighted by Crippen LogP contribution is -2.43. The van der Waals surface area contributed by atoms with Crippen molar-refractivity contribution >= 4 is 0 Å². The van der Waals surface area contributed by atoms with E-state index in [2.05, 4.69) is 17.0 Å². The van der Waals surface area contributed by atoms with Gasteiger partial charge in [0.1, 0.15) is 0 Å². The van der Waals surface area contributed by atoms with Gasteiger partial charge in [0.05, 0.1) is 12.0 Å². The summed E-state index contributed by atoms with van der Waals surface area (Å²) in [5.74, 6) is 0.160. The van der Waals surface area contributed by atoms with Crippen molar-refractivity contribution in [3.63, 3.8) is 0 Å². The quantitative estimate of drug-likeness (QED) is 0.475. The van der Waals surface area contributed by atoms with Gasteiger partial charge in [-0.05, 0) is 6.42 Å². The van der Waals surface area contributed by atoms with E-state index in [-0.39, 0.29) is 5.92 Å². The van der Waals surface area contributed by atoms with E-state index in [1.54, 1.807) is 0 Å². The predicted molar refractivity (Wildman–Crippen MR) is 37.5 cm³/mol. The molecule has 56 valence electrons. The zero-order chi connectivity index (χ0) is 7.40. The zero-order valence-electron chi connectivity index (χ0n) is 6.09. The number of nitriles is 1. The summed E-state index contributed by atoms with van der Waals surface area (Å²) in [6, 6.07) is 2.25. The van der Waals surface area contributed by atoms with Gasteiger partial charge in [-0.25, -0.2) is 10.4 Å². The van der Waals surface area contributed by atoms with E-state index in [9.17, 15) is 0 Å². The summed E-state index contributed by atoms with van der Waals surface area (Å²) < 4.78 is 0. The molecule has 4 nitrogen and oxygen atoms in total. The van der Waals surface area contributed by atoms with Crippen molar-refractivity contribution in [2.24, 2.45) is 5.92 Å². The lowest BCUT2D eigenvalue weighted by atomic mass is 10.1. The largest absolute Gasteiger partial charge is 0.244 e. The van der Waals surface area contributed by atoms with Crippen LogP contribution in [0.4, 0.5) is 0 Å². The Morgan fingerprint density at radius 2 is 2.50 bits per heavy atom. The molecule has 1 saturated heterocycles. The maximum absolute atomic E-state index is 8.60. The fourth-order valence-corrected chi connectivity index (χ4v) is 1.01. The van der Waals surface area contributed by atoms with Crippen LogP contribution in [-0.2, 0) is 0 Å². The molecule has 0 bridgehead atoms. The average Bonchev–Trinajstić information content (AvgIpc) is 2.13. The first-order chi connectivity index (χ1) is 4.83. The molecule has 4 heteroatoms. The minimum Gasteiger partial charge on any atom is -0.244 e. The van der Waals surface area contributed by atoms with Crippen LogP contribution in [0.15, 0.2) is 0 Å². The fourth-order valence-electron chi connectivity index (χ4n) is 1.01. The van der Waals surface area contributed by atoms with Gasteiger partial charge in [0.15, 0.2) is 0 Å². The lowest BCUT2D eigenvalue weighted by Gasteiger charge is -2.14. The van der Waals surface area contributed by atoms with Gasteiger partial charge in [-0.1, -0.05) is 0 Å². The molecule has 0 aliphatic carbocycles. The monoisotopic (exact) mass is 140 g/mol. The van der Waals surface area contributed by atoms with E-state index in [1.807, 2.05) is 12.1 Å². The van der Waals surface area contributed by atoms with Crippen LogP contribution in [-0.4, -0.2) is 25.1 Å². The van der Waals surface area contributed by atoms with Crippen LogP contribution >= 0.6 is 0 Å². The van der Waals surface area contributed by atoms with Gasteiger partial charge >= 0.3 is 0 Å². The van der Waals surface area contributed by atoms with Crippen LogP contribution in [0.5, 0.6) is 0 Å². The Labute approximate surface area is 60.8 Å². The lowest BCUT2D eigenvalue weighted by molar-refractivity contribution is 0.204. The first-order valence-corrected chi connectivity index (χ1v) is 3.42. The van der Waals surface area contributed by atoms with Crippen molar-refractivity contribution in [1.82, 2.24) is 16.0 Å². The Balaban J connectivity index is 2.39. The van der Waals surface area contributed by atoms with Crippen molar-refractivity contribution in [1.29, 1.82) is 5.26 Å². The van der Waals surface area contributed by atoms with Gasteiger partial charge in [-0.3, -0.25) is 0 Å². The van der Waals surface area contributed by atoms with Crippen LogP contribution in [0.1, 0.15) is 6.42 Å². The van der Waals surface area contributed by atoms with Crippen LogP contribution in [0.25, 0.3) is 0 Å². The summed E-state index contributed by atoms with van der Waals surface area (Å²) in [5, 5.41) is 10.5. The van der Waals surface area contributed by atoms with Crippen molar-refractivity contribution in [2.45, 2.75) is 6.42 Å². The van der Waals surface area contributed by atoms with E-state index in [0.29, 0.717) is 0 Å². The fraction of sp³-hybridized carbons (Fsp3) is 0.833. The molecule has 1 atom stereocenters. The molecular formula is C6H12N4. The Kier molecular flexibility index (Phi) is 2.63. The maximum atomic E-state index is 8.60. The van der Waals surface area contributed by atoms with Gasteiger partial charge in [0.25, 0.3) is 0 Å². The minimum absolute atomic E-state index is 0.160. The highest BCUT2D eigenvalue weighted by molar-refractivity contribution is 4.85. The Hall–Kier alpha value is -0.630. The molecule has 0 aromatic rings. The maximum Gasteiger partial charge on any atom is 0.0670 e. The molecule has 1 aliphatic rings. The Morgan fingerprint density at radius 1 is 1.70 bits per heavy atom. The highest BCUT2D eigenvalue weighted by Gasteiger charge is 2.13. The Bertz CT molecular complexity index is 139. The van der Waals surface area contributed by atoms with Crippen molar-refractivity contribution in [2.75, 3.05) is 20.1 Å². The zero-order valence-corrected chi connectivity index (χ0v) is 6.09. The summed E-state index contributed by atoms with van der Waals surface area (Å²) in [6.45, 7) is 1.66. The number of hydrazine groups is 2. The predicted octanol–water partition coefficient (Wildman–Crippen LogP) is -0.529. The van der Waals surface area contributed by atoms with Gasteiger partial charge < -0.3 is 0 Å². The van der Waals surface area contributed by atoms with Crippen LogP contribution in [0.3, 0.4) is 0 Å². The standard InChI is InChI=1S/C6H12N4/c1-10-5-6(4-7)2-3-8-9-10/h6,8-9H,2-3,5H2,1H3. The van der Waals surface area contributed by atoms with Crippen molar-refractivity contribution in [3.8, 4) is 6.07 Å². The van der Waals surface area contributed by atoms with Crippen molar-refractivity contribution in [3.05, 3.63) is 0 Å². The second kappa shape index (κ2) is 3.52. The molecule has 0 aromatic carbocycles. The van der Waals surface area contributed by atoms with Gasteiger partial charge in [-0.2, -0.15) is 10.8 Å². The first kappa shape index (κ1) is 7.48. The smallest absolute Gasteiger partial charge is 0.0670 e. The molecule has 2 N–H and O–H groups in total. The summed E-state index contributed by atoms with van der Waals surface area (Å²) in [6.07, 6.45) is 0.924. The molecule has 0 saturated carbocycles. The van der Waals surface area contributed by atoms with Gasteiger partial charge in [-0.15, -0.1) is 0 Å². The second-order valence-corrected chi connectivity index (χ2v) is 2.53. The molecule has 10 heavy (non-hydrogen) atoms. The van der Waals surface area contributed by atoms with E-state index >= 15 is 0 Å². The average molecular weight is 140 g/mol. The Morgan fingerprint density at radius 3 is 3.20 bits per heavy atom. The van der Waals surface area contributed by atoms with Gasteiger partial charge in [0, 0.05) is 20.1 Å². The van der Waals surface area contributed by atoms with Crippen LogP contribution in [0, 0.1) is 17.2 Å². The van der Waals surface area contributed by atoms with Crippen LogP contribution in [0.2, 0.25) is 0 Å². The molecule has 1 heterocycles. The van der Waals surface area contributed by atoms with Crippen molar-refractivity contribution < 1.29 is 0 Å². The molecule has 1 rings (SSSR count). The SMILES string of the molecule is CN1CC(C#N)CCNN1. The number of hydrogen-bond acceptors (Lipinski definition) is 4. The molecule has 0 amide bonds. The topological polar surface area (TPSA) is 51.1 Å². The normalized spacial score (nSPS) is 29.0. The van der Waals surface area contributed by atoms with E-state index in [1.165, 1.54) is 0 Å². The second-order valence-electron chi connectivity index (χ2n) is 2.53. The highest BCUT2D eigenvalue weighted by Crippen LogP contribution is 2.02. The minimum atomic E-state index is 0.160. The molecule has 0 spiro atoms. The molecule has 0 aromatic heterocycles. The van der Waals surface area contributed by atoms with E-state index in [4.69, 9.17) is 5.26 Å². The summed E-state index contributed by atoms with van der Waals surface area (Å²) >= 11 is 0. The number of rotatable bonds is 0. The number of nitrogens with one attached hydrogen (secondary N) is 2. The summed E-state index contributed by atoms with van der Waals surface area (Å²) in [5.41, 5.74) is 5.93.